The van der Waals surface area contributed by atoms with E-state index in [1.165, 1.54) is 11.6 Å². The first-order valence-electron chi connectivity index (χ1n) is 8.89. The summed E-state index contributed by atoms with van der Waals surface area (Å²) in [5, 5.41) is 14.4. The molecule has 2 aromatic rings. The predicted octanol–water partition coefficient (Wildman–Crippen LogP) is 3.30. The van der Waals surface area contributed by atoms with E-state index >= 15 is 0 Å². The van der Waals surface area contributed by atoms with Gasteiger partial charge in [-0.15, -0.1) is 0 Å². The number of ether oxygens (including phenoxy) is 1. The molecule has 1 aliphatic rings. The third-order valence-electron chi connectivity index (χ3n) is 4.62. The molecule has 1 N–H and O–H groups in total. The zero-order valence-electron chi connectivity index (χ0n) is 15.7. The topological polar surface area (TPSA) is 84.7 Å². The highest BCUT2D eigenvalue weighted by atomic mass is 16.6. The molecule has 0 spiro atoms. The van der Waals surface area contributed by atoms with E-state index in [4.69, 9.17) is 4.74 Å². The molecule has 0 radical (unpaired) electrons. The van der Waals surface area contributed by atoms with Crippen LogP contribution in [0.25, 0.3) is 0 Å². The number of anilines is 1. The summed E-state index contributed by atoms with van der Waals surface area (Å²) in [4.78, 5) is 25.4. The van der Waals surface area contributed by atoms with Crippen LogP contribution in [0.1, 0.15) is 35.3 Å². The lowest BCUT2D eigenvalue weighted by Crippen LogP contribution is -2.32. The summed E-state index contributed by atoms with van der Waals surface area (Å²) in [6.07, 6.45) is 0.798. The van der Waals surface area contributed by atoms with Crippen molar-refractivity contribution in [3.05, 3.63) is 63.2 Å². The summed E-state index contributed by atoms with van der Waals surface area (Å²) in [7, 11) is 1.62. The fourth-order valence-corrected chi connectivity index (χ4v) is 3.29. The molecular weight excluding hydrogens is 346 g/mol. The number of amides is 1. The standard InChI is InChI=1S/C20H23N3O4/c1-13(2)21-20(24)15-5-7-18(19(11-15)23(25)26)22-9-8-14-4-6-17(27-3)10-16(14)12-22/h4-7,10-11,13H,8-9,12H2,1-3H3,(H,21,24). The van der Waals surface area contributed by atoms with Crippen LogP contribution in [0.3, 0.4) is 0 Å². The SMILES string of the molecule is COc1ccc2c(c1)CN(c1ccc(C(=O)NC(C)C)cc1[N+](=O)[O-])CC2. The van der Waals surface area contributed by atoms with Gasteiger partial charge in [0.2, 0.25) is 0 Å². The second-order valence-electron chi connectivity index (χ2n) is 6.89. The minimum Gasteiger partial charge on any atom is -0.497 e. The smallest absolute Gasteiger partial charge is 0.293 e. The molecule has 3 rings (SSSR count). The van der Waals surface area contributed by atoms with Crippen LogP contribution in [0, 0.1) is 10.1 Å². The minimum atomic E-state index is -0.428. The van der Waals surface area contributed by atoms with Gasteiger partial charge in [0, 0.05) is 30.8 Å². The van der Waals surface area contributed by atoms with Crippen molar-refractivity contribution >= 4 is 17.3 Å². The molecule has 0 unspecified atom stereocenters. The van der Waals surface area contributed by atoms with E-state index in [2.05, 4.69) is 5.32 Å². The highest BCUT2D eigenvalue weighted by Gasteiger charge is 2.25. The van der Waals surface area contributed by atoms with E-state index in [0.717, 1.165) is 17.7 Å². The summed E-state index contributed by atoms with van der Waals surface area (Å²) >= 11 is 0. The Bertz CT molecular complexity index is 880. The number of rotatable bonds is 5. The zero-order chi connectivity index (χ0) is 19.6. The zero-order valence-corrected chi connectivity index (χ0v) is 15.7. The van der Waals surface area contributed by atoms with Crippen LogP contribution in [-0.4, -0.2) is 30.5 Å². The molecule has 1 heterocycles. The van der Waals surface area contributed by atoms with Crippen LogP contribution in [0.5, 0.6) is 5.75 Å². The largest absolute Gasteiger partial charge is 0.497 e. The molecule has 27 heavy (non-hydrogen) atoms. The molecule has 7 nitrogen and oxygen atoms in total. The number of nitro benzene ring substituents is 1. The molecule has 1 amide bonds. The Morgan fingerprint density at radius 2 is 2.00 bits per heavy atom. The molecule has 7 heteroatoms. The predicted molar refractivity (Wildman–Crippen MR) is 103 cm³/mol. The maximum Gasteiger partial charge on any atom is 0.293 e. The van der Waals surface area contributed by atoms with Crippen LogP contribution in [0.4, 0.5) is 11.4 Å². The molecule has 0 fully saturated rings. The molecule has 1 aliphatic heterocycles. The van der Waals surface area contributed by atoms with Gasteiger partial charge in [0.15, 0.2) is 0 Å². The third kappa shape index (κ3) is 4.02. The number of nitro groups is 1. The number of hydrogen-bond donors (Lipinski definition) is 1. The number of nitrogens with zero attached hydrogens (tertiary/aromatic N) is 2. The van der Waals surface area contributed by atoms with Gasteiger partial charge in [-0.25, -0.2) is 0 Å². The molecular formula is C20H23N3O4. The van der Waals surface area contributed by atoms with Crippen LogP contribution < -0.4 is 15.0 Å². The van der Waals surface area contributed by atoms with Crippen molar-refractivity contribution in [3.8, 4) is 5.75 Å². The lowest BCUT2D eigenvalue weighted by atomic mass is 9.98. The second-order valence-corrected chi connectivity index (χ2v) is 6.89. The van der Waals surface area contributed by atoms with Gasteiger partial charge < -0.3 is 15.0 Å². The molecule has 2 aromatic carbocycles. The average Bonchev–Trinajstić information content (AvgIpc) is 2.66. The second kappa shape index (κ2) is 7.65. The molecule has 142 valence electrons. The molecule has 0 atom stereocenters. The maximum atomic E-state index is 12.2. The Hall–Kier alpha value is -3.09. The maximum absolute atomic E-state index is 12.2. The fourth-order valence-electron chi connectivity index (χ4n) is 3.29. The van der Waals surface area contributed by atoms with Gasteiger partial charge in [0.05, 0.1) is 12.0 Å². The first-order valence-corrected chi connectivity index (χ1v) is 8.89. The van der Waals surface area contributed by atoms with Crippen LogP contribution >= 0.6 is 0 Å². The summed E-state index contributed by atoms with van der Waals surface area (Å²) in [6.45, 7) is 4.93. The van der Waals surface area contributed by atoms with E-state index in [1.807, 2.05) is 36.9 Å². The Labute approximate surface area is 158 Å². The number of carbonyl (C=O) groups is 1. The highest BCUT2D eigenvalue weighted by Crippen LogP contribution is 2.34. The number of benzene rings is 2. The number of nitrogens with one attached hydrogen (secondary N) is 1. The normalized spacial score (nSPS) is 13.3. The Morgan fingerprint density at radius 1 is 1.22 bits per heavy atom. The van der Waals surface area contributed by atoms with E-state index in [0.29, 0.717) is 24.3 Å². The van der Waals surface area contributed by atoms with Crippen LogP contribution in [0.15, 0.2) is 36.4 Å². The quantitative estimate of drug-likeness (QED) is 0.646. The van der Waals surface area contributed by atoms with Crippen molar-refractivity contribution < 1.29 is 14.5 Å². The number of hydrogen-bond acceptors (Lipinski definition) is 5. The molecule has 0 saturated heterocycles. The Morgan fingerprint density at radius 3 is 2.67 bits per heavy atom. The van der Waals surface area contributed by atoms with Gasteiger partial charge in [-0.3, -0.25) is 14.9 Å². The van der Waals surface area contributed by atoms with Crippen molar-refractivity contribution in [2.45, 2.75) is 32.9 Å². The van der Waals surface area contributed by atoms with Gasteiger partial charge in [0.25, 0.3) is 11.6 Å². The molecule has 0 aliphatic carbocycles. The highest BCUT2D eigenvalue weighted by molar-refractivity contribution is 5.96. The summed E-state index contributed by atoms with van der Waals surface area (Å²) in [5.74, 6) is 0.458. The van der Waals surface area contributed by atoms with Crippen molar-refractivity contribution in [2.75, 3.05) is 18.6 Å². The average molecular weight is 369 g/mol. The van der Waals surface area contributed by atoms with Gasteiger partial charge in [0.1, 0.15) is 11.4 Å². The van der Waals surface area contributed by atoms with E-state index in [-0.39, 0.29) is 17.6 Å². The summed E-state index contributed by atoms with van der Waals surface area (Å²) in [6, 6.07) is 10.6. The van der Waals surface area contributed by atoms with Crippen molar-refractivity contribution in [1.29, 1.82) is 0 Å². The monoisotopic (exact) mass is 369 g/mol. The van der Waals surface area contributed by atoms with E-state index < -0.39 is 4.92 Å². The van der Waals surface area contributed by atoms with E-state index in [1.54, 1.807) is 19.2 Å². The number of methoxy groups -OCH3 is 1. The van der Waals surface area contributed by atoms with Crippen molar-refractivity contribution in [3.63, 3.8) is 0 Å². The van der Waals surface area contributed by atoms with Gasteiger partial charge >= 0.3 is 0 Å². The molecule has 0 aromatic heterocycles. The Kier molecular flexibility index (Phi) is 5.30. The summed E-state index contributed by atoms with van der Waals surface area (Å²) in [5.41, 5.74) is 3.07. The number of carbonyl (C=O) groups excluding carboxylic acids is 1. The van der Waals surface area contributed by atoms with Crippen molar-refractivity contribution in [2.24, 2.45) is 0 Å². The third-order valence-corrected chi connectivity index (χ3v) is 4.62. The Balaban J connectivity index is 1.92. The first-order chi connectivity index (χ1) is 12.9. The van der Waals surface area contributed by atoms with Gasteiger partial charge in [-0.1, -0.05) is 6.07 Å². The fraction of sp³-hybridized carbons (Fsp3) is 0.350. The molecule has 0 bridgehead atoms. The lowest BCUT2D eigenvalue weighted by Gasteiger charge is -2.30. The van der Waals surface area contributed by atoms with Gasteiger partial charge in [-0.05, 0) is 55.7 Å². The van der Waals surface area contributed by atoms with Gasteiger partial charge in [-0.2, -0.15) is 0 Å². The number of fused-ring (bicyclic) bond motifs is 1. The first kappa shape index (κ1) is 18.7. The lowest BCUT2D eigenvalue weighted by molar-refractivity contribution is -0.384. The van der Waals surface area contributed by atoms with Crippen molar-refractivity contribution in [1.82, 2.24) is 5.32 Å². The minimum absolute atomic E-state index is 0.0372. The van der Waals surface area contributed by atoms with E-state index in [9.17, 15) is 14.9 Å². The van der Waals surface area contributed by atoms with Crippen LogP contribution in [0.2, 0.25) is 0 Å². The summed E-state index contributed by atoms with van der Waals surface area (Å²) < 4.78 is 5.29. The molecule has 0 saturated carbocycles. The van der Waals surface area contributed by atoms with Crippen LogP contribution in [-0.2, 0) is 13.0 Å².